The van der Waals surface area contributed by atoms with Crippen molar-refractivity contribution >= 4 is 41.7 Å². The van der Waals surface area contributed by atoms with Gasteiger partial charge < -0.3 is 15.6 Å². The predicted octanol–water partition coefficient (Wildman–Crippen LogP) is 2.51. The Bertz CT molecular complexity index is 639. The van der Waals surface area contributed by atoms with Crippen molar-refractivity contribution in [1.82, 2.24) is 15.5 Å². The second kappa shape index (κ2) is 9.77. The summed E-state index contributed by atoms with van der Waals surface area (Å²) in [5.41, 5.74) is 6.53. The lowest BCUT2D eigenvalue weighted by molar-refractivity contribution is -0.122. The van der Waals surface area contributed by atoms with Crippen LogP contribution in [0.4, 0.5) is 0 Å². The molecule has 2 aromatic rings. The second-order valence-electron chi connectivity index (χ2n) is 4.63. The van der Waals surface area contributed by atoms with Gasteiger partial charge in [0, 0.05) is 10.6 Å². The zero-order valence-corrected chi connectivity index (χ0v) is 14.9. The van der Waals surface area contributed by atoms with E-state index in [2.05, 4.69) is 15.5 Å². The maximum atomic E-state index is 11.8. The molecule has 1 heterocycles. The highest BCUT2D eigenvalue weighted by Crippen LogP contribution is 2.19. The SMILES string of the molecule is CSCC[C@H](N)C(=O)NCc1nc(-c2cccc(Cl)c2)no1.Cl. The zero-order chi connectivity index (χ0) is 15.9. The standard InChI is InChI=1S/C14H17ClN4O2S.ClH/c1-22-6-5-11(16)14(20)17-8-12-18-13(19-21-12)9-3-2-4-10(15)7-9;/h2-4,7,11H,5-6,8,16H2,1H3,(H,17,20);1H/t11-;/m0./s1. The van der Waals surface area contributed by atoms with Crippen LogP contribution in [0.5, 0.6) is 0 Å². The normalized spacial score (nSPS) is 11.6. The number of thioether (sulfide) groups is 1. The first kappa shape index (κ1) is 19.8. The Kier molecular flexibility index (Phi) is 8.40. The van der Waals surface area contributed by atoms with Crippen LogP contribution >= 0.6 is 35.8 Å². The van der Waals surface area contributed by atoms with Gasteiger partial charge in [-0.3, -0.25) is 4.79 Å². The van der Waals surface area contributed by atoms with Gasteiger partial charge in [-0.25, -0.2) is 0 Å². The summed E-state index contributed by atoms with van der Waals surface area (Å²) in [5.74, 6) is 1.36. The second-order valence-corrected chi connectivity index (χ2v) is 6.05. The molecule has 0 aliphatic rings. The summed E-state index contributed by atoms with van der Waals surface area (Å²) in [6, 6.07) is 6.62. The van der Waals surface area contributed by atoms with Gasteiger partial charge in [0.05, 0.1) is 12.6 Å². The molecule has 2 rings (SSSR count). The van der Waals surface area contributed by atoms with Crippen molar-refractivity contribution in [2.24, 2.45) is 5.73 Å². The van der Waals surface area contributed by atoms with Crippen molar-refractivity contribution in [2.45, 2.75) is 19.0 Å². The fourth-order valence-electron chi connectivity index (χ4n) is 1.74. The van der Waals surface area contributed by atoms with E-state index < -0.39 is 6.04 Å². The highest BCUT2D eigenvalue weighted by atomic mass is 35.5. The number of rotatable bonds is 7. The van der Waals surface area contributed by atoms with Crippen LogP contribution in [0.15, 0.2) is 28.8 Å². The van der Waals surface area contributed by atoms with E-state index >= 15 is 0 Å². The molecule has 0 fully saturated rings. The van der Waals surface area contributed by atoms with Gasteiger partial charge in [0.15, 0.2) is 0 Å². The predicted molar refractivity (Wildman–Crippen MR) is 94.8 cm³/mol. The van der Waals surface area contributed by atoms with E-state index in [0.29, 0.717) is 23.2 Å². The number of aromatic nitrogens is 2. The highest BCUT2D eigenvalue weighted by Gasteiger charge is 2.14. The van der Waals surface area contributed by atoms with Crippen LogP contribution in [0.3, 0.4) is 0 Å². The Hall–Kier alpha value is -1.28. The lowest BCUT2D eigenvalue weighted by atomic mass is 10.2. The number of halogens is 2. The molecule has 1 aromatic carbocycles. The van der Waals surface area contributed by atoms with E-state index in [0.717, 1.165) is 11.3 Å². The number of benzene rings is 1. The molecule has 0 bridgehead atoms. The Morgan fingerprint density at radius 1 is 1.52 bits per heavy atom. The molecule has 6 nitrogen and oxygen atoms in total. The number of carbonyl (C=O) groups is 1. The molecule has 0 aliphatic carbocycles. The van der Waals surface area contributed by atoms with Crippen molar-refractivity contribution in [3.05, 3.63) is 35.2 Å². The Morgan fingerprint density at radius 2 is 2.30 bits per heavy atom. The summed E-state index contributed by atoms with van der Waals surface area (Å²) in [7, 11) is 0. The van der Waals surface area contributed by atoms with Gasteiger partial charge in [-0.1, -0.05) is 28.9 Å². The lowest BCUT2D eigenvalue weighted by Gasteiger charge is -2.09. The molecule has 0 saturated carbocycles. The van der Waals surface area contributed by atoms with Crippen LogP contribution < -0.4 is 11.1 Å². The maximum absolute atomic E-state index is 11.8. The Labute approximate surface area is 149 Å². The van der Waals surface area contributed by atoms with Crippen molar-refractivity contribution in [3.8, 4) is 11.4 Å². The van der Waals surface area contributed by atoms with Crippen LogP contribution in [0, 0.1) is 0 Å². The van der Waals surface area contributed by atoms with Gasteiger partial charge in [-0.2, -0.15) is 16.7 Å². The van der Waals surface area contributed by atoms with Gasteiger partial charge in [-0.05, 0) is 30.6 Å². The van der Waals surface area contributed by atoms with Gasteiger partial charge in [0.2, 0.25) is 17.6 Å². The molecular formula is C14H18Cl2N4O2S. The van der Waals surface area contributed by atoms with Crippen molar-refractivity contribution in [3.63, 3.8) is 0 Å². The molecule has 1 amide bonds. The third-order valence-electron chi connectivity index (χ3n) is 2.93. The molecule has 1 aromatic heterocycles. The highest BCUT2D eigenvalue weighted by molar-refractivity contribution is 7.98. The Morgan fingerprint density at radius 3 is 3.00 bits per heavy atom. The van der Waals surface area contributed by atoms with Gasteiger partial charge >= 0.3 is 0 Å². The number of hydrogen-bond donors (Lipinski definition) is 2. The third-order valence-corrected chi connectivity index (χ3v) is 3.81. The van der Waals surface area contributed by atoms with E-state index in [1.807, 2.05) is 12.3 Å². The molecule has 0 saturated heterocycles. The average molecular weight is 377 g/mol. The molecule has 3 N–H and O–H groups in total. The number of nitrogens with two attached hydrogens (primary N) is 1. The van der Waals surface area contributed by atoms with Crippen LogP contribution in [-0.4, -0.2) is 34.1 Å². The quantitative estimate of drug-likeness (QED) is 0.770. The average Bonchev–Trinajstić information content (AvgIpc) is 2.99. The van der Waals surface area contributed by atoms with E-state index in [-0.39, 0.29) is 24.9 Å². The van der Waals surface area contributed by atoms with Crippen molar-refractivity contribution in [1.29, 1.82) is 0 Å². The van der Waals surface area contributed by atoms with E-state index in [4.69, 9.17) is 21.9 Å². The minimum absolute atomic E-state index is 0. The third kappa shape index (κ3) is 6.02. The molecule has 126 valence electrons. The fraction of sp³-hybridized carbons (Fsp3) is 0.357. The lowest BCUT2D eigenvalue weighted by Crippen LogP contribution is -2.40. The minimum atomic E-state index is -0.525. The van der Waals surface area contributed by atoms with E-state index in [1.54, 1.807) is 30.0 Å². The number of nitrogens with zero attached hydrogens (tertiary/aromatic N) is 2. The molecule has 0 radical (unpaired) electrons. The summed E-state index contributed by atoms with van der Waals surface area (Å²) >= 11 is 7.57. The molecule has 0 unspecified atom stereocenters. The van der Waals surface area contributed by atoms with Gasteiger partial charge in [0.1, 0.15) is 0 Å². The van der Waals surface area contributed by atoms with Gasteiger partial charge in [0.25, 0.3) is 0 Å². The smallest absolute Gasteiger partial charge is 0.246 e. The molecule has 0 aliphatic heterocycles. The first-order valence-corrected chi connectivity index (χ1v) is 8.48. The zero-order valence-electron chi connectivity index (χ0n) is 12.5. The van der Waals surface area contributed by atoms with Crippen LogP contribution in [0.1, 0.15) is 12.3 Å². The van der Waals surface area contributed by atoms with Crippen LogP contribution in [-0.2, 0) is 11.3 Å². The number of hydrogen-bond acceptors (Lipinski definition) is 6. The molecule has 0 spiro atoms. The van der Waals surface area contributed by atoms with Crippen LogP contribution in [0.2, 0.25) is 5.02 Å². The first-order chi connectivity index (χ1) is 10.6. The van der Waals surface area contributed by atoms with Crippen molar-refractivity contribution in [2.75, 3.05) is 12.0 Å². The fourth-order valence-corrected chi connectivity index (χ4v) is 2.42. The molecule has 23 heavy (non-hydrogen) atoms. The minimum Gasteiger partial charge on any atom is -0.346 e. The summed E-state index contributed by atoms with van der Waals surface area (Å²) in [5, 5.41) is 7.15. The van der Waals surface area contributed by atoms with E-state index in [9.17, 15) is 4.79 Å². The molecule has 9 heteroatoms. The van der Waals surface area contributed by atoms with Gasteiger partial charge in [-0.15, -0.1) is 12.4 Å². The monoisotopic (exact) mass is 376 g/mol. The Balaban J connectivity index is 0.00000264. The summed E-state index contributed by atoms with van der Waals surface area (Å²) < 4.78 is 5.11. The molecular weight excluding hydrogens is 359 g/mol. The number of nitrogens with one attached hydrogen (secondary N) is 1. The van der Waals surface area contributed by atoms with Crippen LogP contribution in [0.25, 0.3) is 11.4 Å². The maximum Gasteiger partial charge on any atom is 0.246 e. The topological polar surface area (TPSA) is 94.0 Å². The number of carbonyl (C=O) groups excluding carboxylic acids is 1. The van der Waals surface area contributed by atoms with Crippen molar-refractivity contribution < 1.29 is 9.32 Å². The number of amides is 1. The summed E-state index contributed by atoms with van der Waals surface area (Å²) in [6.07, 6.45) is 2.60. The summed E-state index contributed by atoms with van der Waals surface area (Å²) in [6.45, 7) is 0.152. The van der Waals surface area contributed by atoms with E-state index in [1.165, 1.54) is 0 Å². The summed E-state index contributed by atoms with van der Waals surface area (Å²) in [4.78, 5) is 16.0. The molecule has 1 atom stereocenters. The first-order valence-electron chi connectivity index (χ1n) is 6.71. The largest absolute Gasteiger partial charge is 0.346 e.